The van der Waals surface area contributed by atoms with Crippen LogP contribution < -0.4 is 4.74 Å². The molecule has 2 fully saturated rings. The summed E-state index contributed by atoms with van der Waals surface area (Å²) < 4.78 is 24.0. The fraction of sp³-hybridized carbons (Fsp3) is 0.650. The SMILES string of the molecule is O=C(CCCN1CCOCC1)N1CCCC(COc2ccc(F)cc2)C1. The molecule has 144 valence electrons. The fourth-order valence-electron chi connectivity index (χ4n) is 3.61. The van der Waals surface area contributed by atoms with Crippen LogP contribution in [0.25, 0.3) is 0 Å². The van der Waals surface area contributed by atoms with Crippen LogP contribution in [0, 0.1) is 11.7 Å². The molecule has 2 saturated heterocycles. The van der Waals surface area contributed by atoms with Gasteiger partial charge >= 0.3 is 0 Å². The van der Waals surface area contributed by atoms with Gasteiger partial charge in [0.15, 0.2) is 0 Å². The highest BCUT2D eigenvalue weighted by molar-refractivity contribution is 5.76. The van der Waals surface area contributed by atoms with Crippen molar-refractivity contribution in [1.29, 1.82) is 0 Å². The lowest BCUT2D eigenvalue weighted by Crippen LogP contribution is -2.42. The lowest BCUT2D eigenvalue weighted by atomic mass is 9.98. The second kappa shape index (κ2) is 9.88. The molecular weight excluding hydrogens is 335 g/mol. The van der Waals surface area contributed by atoms with Gasteiger partial charge in [0, 0.05) is 38.5 Å². The first-order valence-corrected chi connectivity index (χ1v) is 9.67. The molecule has 1 unspecified atom stereocenters. The van der Waals surface area contributed by atoms with Crippen molar-refractivity contribution in [2.24, 2.45) is 5.92 Å². The minimum absolute atomic E-state index is 0.254. The summed E-state index contributed by atoms with van der Waals surface area (Å²) in [6, 6.07) is 6.10. The first kappa shape index (κ1) is 19.1. The van der Waals surface area contributed by atoms with E-state index in [-0.39, 0.29) is 11.7 Å². The van der Waals surface area contributed by atoms with E-state index in [0.717, 1.165) is 65.2 Å². The molecule has 0 radical (unpaired) electrons. The van der Waals surface area contributed by atoms with Crippen LogP contribution in [0.4, 0.5) is 4.39 Å². The van der Waals surface area contributed by atoms with Crippen LogP contribution >= 0.6 is 0 Å². The van der Waals surface area contributed by atoms with Crippen molar-refractivity contribution in [2.75, 3.05) is 52.5 Å². The predicted octanol–water partition coefficient (Wildman–Crippen LogP) is 2.56. The average Bonchev–Trinajstić information content (AvgIpc) is 2.68. The Balaban J connectivity index is 1.36. The normalized spacial score (nSPS) is 21.6. The van der Waals surface area contributed by atoms with Crippen LogP contribution in [-0.4, -0.2) is 68.3 Å². The number of carbonyl (C=O) groups excluding carboxylic acids is 1. The van der Waals surface area contributed by atoms with E-state index in [2.05, 4.69) is 4.90 Å². The summed E-state index contributed by atoms with van der Waals surface area (Å²) in [5.41, 5.74) is 0. The zero-order chi connectivity index (χ0) is 18.2. The molecule has 2 aliphatic rings. The zero-order valence-corrected chi connectivity index (χ0v) is 15.4. The van der Waals surface area contributed by atoms with E-state index < -0.39 is 0 Å². The highest BCUT2D eigenvalue weighted by Gasteiger charge is 2.24. The number of morpholine rings is 1. The number of hydrogen-bond acceptors (Lipinski definition) is 4. The Bertz CT molecular complexity index is 561. The quantitative estimate of drug-likeness (QED) is 0.746. The topological polar surface area (TPSA) is 42.0 Å². The van der Waals surface area contributed by atoms with Crippen molar-refractivity contribution in [3.63, 3.8) is 0 Å². The number of rotatable bonds is 7. The van der Waals surface area contributed by atoms with E-state index in [1.54, 1.807) is 12.1 Å². The highest BCUT2D eigenvalue weighted by Crippen LogP contribution is 2.20. The molecule has 0 bridgehead atoms. The van der Waals surface area contributed by atoms with Crippen LogP contribution in [0.2, 0.25) is 0 Å². The van der Waals surface area contributed by atoms with Crippen molar-refractivity contribution >= 4 is 5.91 Å². The molecule has 0 aromatic heterocycles. The van der Waals surface area contributed by atoms with E-state index in [1.165, 1.54) is 12.1 Å². The largest absolute Gasteiger partial charge is 0.493 e. The second-order valence-corrected chi connectivity index (χ2v) is 7.17. The maximum absolute atomic E-state index is 12.9. The lowest BCUT2D eigenvalue weighted by Gasteiger charge is -2.33. The van der Waals surface area contributed by atoms with Crippen molar-refractivity contribution in [3.8, 4) is 5.75 Å². The molecule has 2 aliphatic heterocycles. The van der Waals surface area contributed by atoms with Crippen LogP contribution in [0.15, 0.2) is 24.3 Å². The maximum atomic E-state index is 12.9. The van der Waals surface area contributed by atoms with Gasteiger partial charge < -0.3 is 14.4 Å². The monoisotopic (exact) mass is 364 g/mol. The van der Waals surface area contributed by atoms with Gasteiger partial charge in [-0.05, 0) is 50.1 Å². The van der Waals surface area contributed by atoms with E-state index >= 15 is 0 Å². The molecule has 1 aromatic rings. The number of halogens is 1. The molecule has 3 rings (SSSR count). The summed E-state index contributed by atoms with van der Waals surface area (Å²) in [6.45, 7) is 6.71. The molecule has 6 heteroatoms. The number of piperidine rings is 1. The van der Waals surface area contributed by atoms with Gasteiger partial charge in [-0.1, -0.05) is 0 Å². The minimum atomic E-state index is -0.260. The number of nitrogens with zero attached hydrogens (tertiary/aromatic N) is 2. The molecule has 26 heavy (non-hydrogen) atoms. The van der Waals surface area contributed by atoms with E-state index in [0.29, 0.717) is 24.7 Å². The third-order valence-corrected chi connectivity index (χ3v) is 5.14. The second-order valence-electron chi connectivity index (χ2n) is 7.17. The predicted molar refractivity (Wildman–Crippen MR) is 97.7 cm³/mol. The maximum Gasteiger partial charge on any atom is 0.222 e. The molecule has 0 spiro atoms. The summed E-state index contributed by atoms with van der Waals surface area (Å²) in [5.74, 6) is 1.02. The van der Waals surface area contributed by atoms with Crippen molar-refractivity contribution in [3.05, 3.63) is 30.1 Å². The number of ether oxygens (including phenoxy) is 2. The Hall–Kier alpha value is -1.66. The Morgan fingerprint density at radius 3 is 2.73 bits per heavy atom. The molecule has 5 nitrogen and oxygen atoms in total. The first-order valence-electron chi connectivity index (χ1n) is 9.67. The Morgan fingerprint density at radius 2 is 1.96 bits per heavy atom. The molecule has 1 aromatic carbocycles. The number of amides is 1. The number of carbonyl (C=O) groups is 1. The fourth-order valence-corrected chi connectivity index (χ4v) is 3.61. The van der Waals surface area contributed by atoms with Crippen LogP contribution in [-0.2, 0) is 9.53 Å². The van der Waals surface area contributed by atoms with Crippen LogP contribution in [0.1, 0.15) is 25.7 Å². The van der Waals surface area contributed by atoms with Gasteiger partial charge in [-0.25, -0.2) is 4.39 Å². The highest BCUT2D eigenvalue weighted by atomic mass is 19.1. The molecular formula is C20H29FN2O3. The van der Waals surface area contributed by atoms with Gasteiger partial charge in [0.1, 0.15) is 11.6 Å². The number of benzene rings is 1. The zero-order valence-electron chi connectivity index (χ0n) is 15.4. The van der Waals surface area contributed by atoms with Gasteiger partial charge in [0.05, 0.1) is 19.8 Å². The molecule has 1 amide bonds. The van der Waals surface area contributed by atoms with E-state index in [9.17, 15) is 9.18 Å². The summed E-state index contributed by atoms with van der Waals surface area (Å²) >= 11 is 0. The molecule has 2 heterocycles. The molecule has 0 N–H and O–H groups in total. The van der Waals surface area contributed by atoms with Gasteiger partial charge in [0.2, 0.25) is 5.91 Å². The summed E-state index contributed by atoms with van der Waals surface area (Å²) in [5, 5.41) is 0. The third kappa shape index (κ3) is 5.95. The summed E-state index contributed by atoms with van der Waals surface area (Å²) in [6.07, 6.45) is 3.61. The third-order valence-electron chi connectivity index (χ3n) is 5.14. The summed E-state index contributed by atoms with van der Waals surface area (Å²) in [4.78, 5) is 16.9. The van der Waals surface area contributed by atoms with Gasteiger partial charge in [0.25, 0.3) is 0 Å². The van der Waals surface area contributed by atoms with Crippen molar-refractivity contribution in [2.45, 2.75) is 25.7 Å². The van der Waals surface area contributed by atoms with Gasteiger partial charge in [-0.3, -0.25) is 9.69 Å². The molecule has 0 aliphatic carbocycles. The number of hydrogen-bond donors (Lipinski definition) is 0. The van der Waals surface area contributed by atoms with Crippen molar-refractivity contribution in [1.82, 2.24) is 9.80 Å². The van der Waals surface area contributed by atoms with Gasteiger partial charge in [-0.15, -0.1) is 0 Å². The first-order chi connectivity index (χ1) is 12.7. The lowest BCUT2D eigenvalue weighted by molar-refractivity contribution is -0.133. The minimum Gasteiger partial charge on any atom is -0.493 e. The molecule has 1 atom stereocenters. The molecule has 0 saturated carbocycles. The van der Waals surface area contributed by atoms with Crippen molar-refractivity contribution < 1.29 is 18.7 Å². The smallest absolute Gasteiger partial charge is 0.222 e. The standard InChI is InChI=1S/C20H29FN2O3/c21-18-5-7-19(8-6-18)26-16-17-3-1-10-23(15-17)20(24)4-2-9-22-11-13-25-14-12-22/h5-8,17H,1-4,9-16H2. The van der Waals surface area contributed by atoms with E-state index in [1.807, 2.05) is 4.90 Å². The van der Waals surface area contributed by atoms with Crippen LogP contribution in [0.3, 0.4) is 0 Å². The Labute approximate surface area is 155 Å². The van der Waals surface area contributed by atoms with E-state index in [4.69, 9.17) is 9.47 Å². The average molecular weight is 364 g/mol. The Kier molecular flexibility index (Phi) is 7.26. The van der Waals surface area contributed by atoms with Gasteiger partial charge in [-0.2, -0.15) is 0 Å². The van der Waals surface area contributed by atoms with Crippen LogP contribution in [0.5, 0.6) is 5.75 Å². The number of likely N-dealkylation sites (tertiary alicyclic amines) is 1. The Morgan fingerprint density at radius 1 is 1.19 bits per heavy atom. The summed E-state index contributed by atoms with van der Waals surface area (Å²) in [7, 11) is 0.